The Hall–Kier alpha value is -1.56. The van der Waals surface area contributed by atoms with Gasteiger partial charge in [-0.05, 0) is 25.3 Å². The van der Waals surface area contributed by atoms with Crippen LogP contribution in [-0.2, 0) is 11.2 Å². The summed E-state index contributed by atoms with van der Waals surface area (Å²) in [6, 6.07) is 2.59. The summed E-state index contributed by atoms with van der Waals surface area (Å²) in [5.74, 6) is -1.05. The lowest BCUT2D eigenvalue weighted by atomic mass is 10.2. The molecule has 0 aromatic carbocycles. The maximum Gasteiger partial charge on any atom is 0.325 e. The van der Waals surface area contributed by atoms with Crippen molar-refractivity contribution in [1.82, 2.24) is 10.6 Å². The van der Waals surface area contributed by atoms with Crippen molar-refractivity contribution >= 4 is 23.3 Å². The molecule has 6 heteroatoms. The number of amides is 2. The van der Waals surface area contributed by atoms with Gasteiger partial charge in [0.2, 0.25) is 0 Å². The van der Waals surface area contributed by atoms with Gasteiger partial charge in [-0.1, -0.05) is 6.07 Å². The highest BCUT2D eigenvalue weighted by Gasteiger charge is 2.15. The summed E-state index contributed by atoms with van der Waals surface area (Å²) in [5.41, 5.74) is 0. The van der Waals surface area contributed by atoms with E-state index in [-0.39, 0.29) is 6.04 Å². The topological polar surface area (TPSA) is 78.4 Å². The number of carbonyl (C=O) groups excluding carboxylic acids is 1. The van der Waals surface area contributed by atoms with Crippen LogP contribution in [0.1, 0.15) is 18.7 Å². The van der Waals surface area contributed by atoms with Crippen molar-refractivity contribution in [2.45, 2.75) is 32.4 Å². The predicted molar refractivity (Wildman–Crippen MR) is 66.3 cm³/mol. The van der Waals surface area contributed by atoms with Gasteiger partial charge in [0.05, 0.1) is 0 Å². The van der Waals surface area contributed by atoms with E-state index in [2.05, 4.69) is 10.6 Å². The Morgan fingerprint density at radius 2 is 2.12 bits per heavy atom. The summed E-state index contributed by atoms with van der Waals surface area (Å²) in [4.78, 5) is 23.1. The fraction of sp³-hybridized carbons (Fsp3) is 0.455. The number of carbonyl (C=O) groups is 2. The van der Waals surface area contributed by atoms with E-state index in [4.69, 9.17) is 5.11 Å². The molecule has 0 fully saturated rings. The molecule has 0 spiro atoms. The average molecular weight is 256 g/mol. The summed E-state index contributed by atoms with van der Waals surface area (Å²) in [5, 5.41) is 15.7. The molecule has 0 radical (unpaired) electrons. The fourth-order valence-corrected chi connectivity index (χ4v) is 2.14. The van der Waals surface area contributed by atoms with Crippen molar-refractivity contribution in [1.29, 1.82) is 0 Å². The molecule has 17 heavy (non-hydrogen) atoms. The van der Waals surface area contributed by atoms with E-state index in [0.29, 0.717) is 0 Å². The number of rotatable bonds is 5. The third-order valence-electron chi connectivity index (χ3n) is 2.18. The van der Waals surface area contributed by atoms with Gasteiger partial charge in [-0.15, -0.1) is 11.3 Å². The largest absolute Gasteiger partial charge is 0.480 e. The van der Waals surface area contributed by atoms with Crippen molar-refractivity contribution < 1.29 is 14.7 Å². The molecule has 0 saturated carbocycles. The number of nitrogens with one attached hydrogen (secondary N) is 2. The molecule has 1 unspecified atom stereocenters. The normalized spacial score (nSPS) is 13.8. The maximum absolute atomic E-state index is 11.4. The predicted octanol–water partition coefficient (Wildman–Crippen LogP) is 1.45. The lowest BCUT2D eigenvalue weighted by molar-refractivity contribution is -0.138. The third-order valence-corrected chi connectivity index (χ3v) is 3.08. The molecule has 1 aromatic rings. The minimum Gasteiger partial charge on any atom is -0.480 e. The minimum absolute atomic E-state index is 0.0327. The number of carboxylic acid groups (broad SMARTS) is 1. The molecule has 1 heterocycles. The summed E-state index contributed by atoms with van der Waals surface area (Å²) in [7, 11) is 0. The first-order valence-electron chi connectivity index (χ1n) is 5.31. The van der Waals surface area contributed by atoms with E-state index in [0.717, 1.165) is 6.42 Å². The van der Waals surface area contributed by atoms with E-state index in [1.54, 1.807) is 11.3 Å². The van der Waals surface area contributed by atoms with E-state index >= 15 is 0 Å². The summed E-state index contributed by atoms with van der Waals surface area (Å²) in [6.07, 6.45) is 0.743. The van der Waals surface area contributed by atoms with E-state index in [1.807, 2.05) is 24.4 Å². The van der Waals surface area contributed by atoms with Crippen LogP contribution in [0.25, 0.3) is 0 Å². The number of carboxylic acids is 1. The van der Waals surface area contributed by atoms with Gasteiger partial charge in [-0.2, -0.15) is 0 Å². The zero-order valence-electron chi connectivity index (χ0n) is 9.77. The molecule has 0 bridgehead atoms. The molecule has 0 aliphatic carbocycles. The van der Waals surface area contributed by atoms with Crippen molar-refractivity contribution in [3.8, 4) is 0 Å². The highest BCUT2D eigenvalue weighted by molar-refractivity contribution is 7.09. The molecule has 94 valence electrons. The SMILES string of the molecule is CC(Cc1cccs1)NC(=O)N[C@@H](C)C(=O)O. The van der Waals surface area contributed by atoms with Gasteiger partial charge in [-0.3, -0.25) is 4.79 Å². The molecular weight excluding hydrogens is 240 g/mol. The van der Waals surface area contributed by atoms with Gasteiger partial charge in [-0.25, -0.2) is 4.79 Å². The van der Waals surface area contributed by atoms with Crippen LogP contribution in [0.4, 0.5) is 4.79 Å². The molecule has 1 aromatic heterocycles. The van der Waals surface area contributed by atoms with Crippen molar-refractivity contribution in [3.63, 3.8) is 0 Å². The lowest BCUT2D eigenvalue weighted by Gasteiger charge is -2.15. The van der Waals surface area contributed by atoms with Gasteiger partial charge in [0.15, 0.2) is 0 Å². The minimum atomic E-state index is -1.05. The summed E-state index contributed by atoms with van der Waals surface area (Å²) >= 11 is 1.63. The standard InChI is InChI=1S/C11H16N2O3S/c1-7(6-9-4-3-5-17-9)12-11(16)13-8(2)10(14)15/h3-5,7-8H,6H2,1-2H3,(H,14,15)(H2,12,13,16)/t7?,8-/m0/s1. The smallest absolute Gasteiger partial charge is 0.325 e. The zero-order chi connectivity index (χ0) is 12.8. The summed E-state index contributed by atoms with van der Waals surface area (Å²) in [6.45, 7) is 3.30. The first-order chi connectivity index (χ1) is 7.99. The highest BCUT2D eigenvalue weighted by atomic mass is 32.1. The van der Waals surface area contributed by atoms with Crippen molar-refractivity contribution in [2.24, 2.45) is 0 Å². The Kier molecular flexibility index (Phi) is 4.96. The molecule has 0 saturated heterocycles. The van der Waals surface area contributed by atoms with E-state index in [1.165, 1.54) is 11.8 Å². The molecule has 0 aliphatic heterocycles. The van der Waals surface area contributed by atoms with Crippen LogP contribution in [-0.4, -0.2) is 29.2 Å². The molecule has 2 amide bonds. The van der Waals surface area contributed by atoms with Crippen LogP contribution in [0.3, 0.4) is 0 Å². The molecule has 3 N–H and O–H groups in total. The number of urea groups is 1. The molecule has 0 aliphatic rings. The van der Waals surface area contributed by atoms with Gasteiger partial charge >= 0.3 is 12.0 Å². The second kappa shape index (κ2) is 6.24. The van der Waals surface area contributed by atoms with Crippen molar-refractivity contribution in [3.05, 3.63) is 22.4 Å². The van der Waals surface area contributed by atoms with Crippen LogP contribution in [0, 0.1) is 0 Å². The van der Waals surface area contributed by atoms with Crippen LogP contribution in [0.5, 0.6) is 0 Å². The first-order valence-corrected chi connectivity index (χ1v) is 6.19. The van der Waals surface area contributed by atoms with E-state index < -0.39 is 18.0 Å². The van der Waals surface area contributed by atoms with Crippen molar-refractivity contribution in [2.75, 3.05) is 0 Å². The van der Waals surface area contributed by atoms with Gasteiger partial charge in [0, 0.05) is 17.3 Å². The fourth-order valence-electron chi connectivity index (χ4n) is 1.31. The quantitative estimate of drug-likeness (QED) is 0.746. The highest BCUT2D eigenvalue weighted by Crippen LogP contribution is 2.10. The molecule has 2 atom stereocenters. The van der Waals surface area contributed by atoms with Crippen LogP contribution in [0.2, 0.25) is 0 Å². The second-order valence-electron chi connectivity index (χ2n) is 3.86. The van der Waals surface area contributed by atoms with Gasteiger partial charge < -0.3 is 15.7 Å². The Labute approximate surface area is 104 Å². The second-order valence-corrected chi connectivity index (χ2v) is 4.89. The Morgan fingerprint density at radius 1 is 1.41 bits per heavy atom. The van der Waals surface area contributed by atoms with Gasteiger partial charge in [0.1, 0.15) is 6.04 Å². The average Bonchev–Trinajstić information content (AvgIpc) is 2.69. The van der Waals surface area contributed by atoms with Crippen LogP contribution >= 0.6 is 11.3 Å². The lowest BCUT2D eigenvalue weighted by Crippen LogP contribution is -2.47. The Balaban J connectivity index is 2.33. The molecular formula is C11H16N2O3S. The maximum atomic E-state index is 11.4. The van der Waals surface area contributed by atoms with Crippen LogP contribution < -0.4 is 10.6 Å². The number of thiophene rings is 1. The van der Waals surface area contributed by atoms with Gasteiger partial charge in [0.25, 0.3) is 0 Å². The van der Waals surface area contributed by atoms with E-state index in [9.17, 15) is 9.59 Å². The number of aliphatic carboxylic acids is 1. The third kappa shape index (κ3) is 4.86. The van der Waals surface area contributed by atoms with Crippen LogP contribution in [0.15, 0.2) is 17.5 Å². The molecule has 1 rings (SSSR count). The Morgan fingerprint density at radius 3 is 2.65 bits per heavy atom. The number of hydrogen-bond donors (Lipinski definition) is 3. The Bertz CT molecular complexity index is 378. The summed E-state index contributed by atoms with van der Waals surface area (Å²) < 4.78 is 0. The molecule has 5 nitrogen and oxygen atoms in total. The zero-order valence-corrected chi connectivity index (χ0v) is 10.6. The number of hydrogen-bond acceptors (Lipinski definition) is 3. The first kappa shape index (κ1) is 13.5. The monoisotopic (exact) mass is 256 g/mol.